The molecule has 0 radical (unpaired) electrons. The van der Waals surface area contributed by atoms with Gasteiger partial charge in [0.2, 0.25) is 0 Å². The summed E-state index contributed by atoms with van der Waals surface area (Å²) >= 11 is 0. The van der Waals surface area contributed by atoms with Gasteiger partial charge in [0.25, 0.3) is 0 Å². The van der Waals surface area contributed by atoms with E-state index in [1.54, 1.807) is 31.3 Å². The Labute approximate surface area is 136 Å². The van der Waals surface area contributed by atoms with Crippen molar-refractivity contribution >= 4 is 17.8 Å². The van der Waals surface area contributed by atoms with Crippen LogP contribution in [0.3, 0.4) is 0 Å². The first-order valence-electron chi connectivity index (χ1n) is 7.29. The fourth-order valence-electron chi connectivity index (χ4n) is 2.72. The van der Waals surface area contributed by atoms with Gasteiger partial charge in [0.15, 0.2) is 6.29 Å². The molecular weight excluding hydrogens is 316 g/mol. The number of nitrogens with zero attached hydrogens (tertiary/aromatic N) is 1. The lowest BCUT2D eigenvalue weighted by Gasteiger charge is -2.07. The van der Waals surface area contributed by atoms with Crippen LogP contribution < -0.4 is 0 Å². The number of benzene rings is 1. The van der Waals surface area contributed by atoms with E-state index < -0.39 is 17.6 Å². The highest BCUT2D eigenvalue weighted by atomic mass is 19.1. The molecule has 0 unspecified atom stereocenters. The van der Waals surface area contributed by atoms with Crippen LogP contribution in [0.5, 0.6) is 0 Å². The number of hydrogen-bond donors (Lipinski definition) is 0. The molecule has 0 bridgehead atoms. The Morgan fingerprint density at radius 1 is 1.25 bits per heavy atom. The molecule has 0 N–H and O–H groups in total. The van der Waals surface area contributed by atoms with Gasteiger partial charge in [-0.2, -0.15) is 0 Å². The first-order valence-corrected chi connectivity index (χ1v) is 7.29. The number of esters is 1. The van der Waals surface area contributed by atoms with Crippen molar-refractivity contribution in [1.82, 2.24) is 4.40 Å². The molecule has 0 fully saturated rings. The van der Waals surface area contributed by atoms with Crippen LogP contribution in [0.4, 0.5) is 8.78 Å². The van der Waals surface area contributed by atoms with E-state index in [-0.39, 0.29) is 29.0 Å². The number of carbonyl (C=O) groups is 2. The van der Waals surface area contributed by atoms with Crippen LogP contribution in [0.25, 0.3) is 16.6 Å². The van der Waals surface area contributed by atoms with E-state index in [9.17, 15) is 18.4 Å². The van der Waals surface area contributed by atoms with Gasteiger partial charge in [0, 0.05) is 23.4 Å². The molecule has 2 aromatic heterocycles. The van der Waals surface area contributed by atoms with Crippen molar-refractivity contribution < 1.29 is 23.1 Å². The minimum atomic E-state index is -0.862. The number of halogens is 2. The van der Waals surface area contributed by atoms with Gasteiger partial charge in [-0.15, -0.1) is 0 Å². The van der Waals surface area contributed by atoms with Gasteiger partial charge >= 0.3 is 5.97 Å². The molecular formula is C18H13F2NO3. The zero-order valence-corrected chi connectivity index (χ0v) is 12.8. The Morgan fingerprint density at radius 2 is 2.04 bits per heavy atom. The third-order valence-corrected chi connectivity index (χ3v) is 3.67. The van der Waals surface area contributed by atoms with Crippen LogP contribution in [-0.2, 0) is 4.74 Å². The molecule has 24 heavy (non-hydrogen) atoms. The van der Waals surface area contributed by atoms with Crippen molar-refractivity contribution in [3.05, 3.63) is 65.5 Å². The molecule has 0 spiro atoms. The van der Waals surface area contributed by atoms with E-state index in [1.807, 2.05) is 0 Å². The average molecular weight is 329 g/mol. The Balaban J connectivity index is 2.42. The van der Waals surface area contributed by atoms with Gasteiger partial charge < -0.3 is 9.14 Å². The number of hydrogen-bond acceptors (Lipinski definition) is 3. The molecule has 122 valence electrons. The lowest BCUT2D eigenvalue weighted by atomic mass is 10.00. The van der Waals surface area contributed by atoms with E-state index in [2.05, 4.69) is 0 Å². The number of ether oxygens (including phenoxy) is 1. The summed E-state index contributed by atoms with van der Waals surface area (Å²) in [5.41, 5.74) is 0.637. The molecule has 2 heterocycles. The summed E-state index contributed by atoms with van der Waals surface area (Å²) in [6.45, 7) is 1.78. The maximum atomic E-state index is 14.3. The second-order valence-electron chi connectivity index (χ2n) is 5.05. The summed E-state index contributed by atoms with van der Waals surface area (Å²) in [4.78, 5) is 24.0. The van der Waals surface area contributed by atoms with E-state index >= 15 is 0 Å². The summed E-state index contributed by atoms with van der Waals surface area (Å²) in [6.07, 6.45) is 2.13. The molecule has 0 amide bonds. The average Bonchev–Trinajstić information content (AvgIpc) is 2.89. The molecule has 0 atom stereocenters. The summed E-state index contributed by atoms with van der Waals surface area (Å²) in [6, 6.07) is 7.99. The van der Waals surface area contributed by atoms with Gasteiger partial charge in [-0.1, -0.05) is 6.07 Å². The number of aromatic nitrogens is 1. The maximum absolute atomic E-state index is 14.3. The molecule has 0 aliphatic carbocycles. The predicted octanol–water partition coefficient (Wildman–Crippen LogP) is 3.87. The molecule has 3 rings (SSSR count). The summed E-state index contributed by atoms with van der Waals surface area (Å²) < 4.78 is 34.1. The van der Waals surface area contributed by atoms with Crippen LogP contribution in [0.15, 0.2) is 42.6 Å². The van der Waals surface area contributed by atoms with Crippen LogP contribution in [-0.4, -0.2) is 23.3 Å². The van der Waals surface area contributed by atoms with Crippen molar-refractivity contribution in [2.45, 2.75) is 6.92 Å². The second kappa shape index (κ2) is 6.23. The highest BCUT2D eigenvalue weighted by molar-refractivity contribution is 6.09. The molecule has 4 nitrogen and oxygen atoms in total. The molecule has 3 aromatic rings. The van der Waals surface area contributed by atoms with Crippen molar-refractivity contribution in [2.75, 3.05) is 6.61 Å². The topological polar surface area (TPSA) is 47.8 Å². The van der Waals surface area contributed by atoms with E-state index in [1.165, 1.54) is 10.5 Å². The van der Waals surface area contributed by atoms with Crippen LogP contribution in [0, 0.1) is 11.6 Å². The summed E-state index contributed by atoms with van der Waals surface area (Å²) in [5, 5.41) is 0. The quantitative estimate of drug-likeness (QED) is 0.539. The number of pyridine rings is 1. The Kier molecular flexibility index (Phi) is 4.12. The van der Waals surface area contributed by atoms with E-state index in [4.69, 9.17) is 4.74 Å². The smallest absolute Gasteiger partial charge is 0.340 e. The minimum Gasteiger partial charge on any atom is -0.462 e. The predicted molar refractivity (Wildman–Crippen MR) is 84.1 cm³/mol. The zero-order valence-electron chi connectivity index (χ0n) is 12.8. The Hall–Kier alpha value is -3.02. The SMILES string of the molecule is CCOC(=O)c1c(-c2ccc(F)cc2F)c(C=O)n2ccccc12. The standard InChI is InChI=1S/C18H13F2NO3/c1-2-24-18(23)17-14-5-3-4-8-21(14)15(10-22)16(17)12-7-6-11(19)9-13(12)20/h3-10H,2H2,1H3. The lowest BCUT2D eigenvalue weighted by Crippen LogP contribution is -2.06. The van der Waals surface area contributed by atoms with Crippen molar-refractivity contribution in [3.8, 4) is 11.1 Å². The number of carbonyl (C=O) groups excluding carboxylic acids is 2. The molecule has 6 heteroatoms. The van der Waals surface area contributed by atoms with Crippen molar-refractivity contribution in [3.63, 3.8) is 0 Å². The molecule has 0 aliphatic rings. The fraction of sp³-hybridized carbons (Fsp3) is 0.111. The largest absolute Gasteiger partial charge is 0.462 e. The minimum absolute atomic E-state index is 0.0368. The summed E-state index contributed by atoms with van der Waals surface area (Å²) in [7, 11) is 0. The van der Waals surface area contributed by atoms with Gasteiger partial charge in [-0.05, 0) is 31.2 Å². The number of fused-ring (bicyclic) bond motifs is 1. The first kappa shape index (κ1) is 15.9. The number of rotatable bonds is 4. The monoisotopic (exact) mass is 329 g/mol. The van der Waals surface area contributed by atoms with Gasteiger partial charge in [-0.3, -0.25) is 4.79 Å². The van der Waals surface area contributed by atoms with E-state index in [0.717, 1.165) is 6.07 Å². The zero-order chi connectivity index (χ0) is 17.3. The maximum Gasteiger partial charge on any atom is 0.340 e. The first-order chi connectivity index (χ1) is 11.6. The van der Waals surface area contributed by atoms with Crippen LogP contribution in [0.1, 0.15) is 27.8 Å². The van der Waals surface area contributed by atoms with Gasteiger partial charge in [-0.25, -0.2) is 13.6 Å². The van der Waals surface area contributed by atoms with Crippen molar-refractivity contribution in [1.29, 1.82) is 0 Å². The molecule has 1 aromatic carbocycles. The van der Waals surface area contributed by atoms with Crippen molar-refractivity contribution in [2.24, 2.45) is 0 Å². The summed E-state index contributed by atoms with van der Waals surface area (Å²) in [5.74, 6) is -2.28. The molecule has 0 aliphatic heterocycles. The fourth-order valence-corrected chi connectivity index (χ4v) is 2.72. The third-order valence-electron chi connectivity index (χ3n) is 3.67. The molecule has 0 saturated heterocycles. The van der Waals surface area contributed by atoms with Gasteiger partial charge in [0.1, 0.15) is 11.6 Å². The third kappa shape index (κ3) is 2.46. The Morgan fingerprint density at radius 3 is 2.71 bits per heavy atom. The number of aldehydes is 1. The highest BCUT2D eigenvalue weighted by Gasteiger charge is 2.26. The normalized spacial score (nSPS) is 10.8. The van der Waals surface area contributed by atoms with E-state index in [0.29, 0.717) is 17.9 Å². The molecule has 0 saturated carbocycles. The van der Waals surface area contributed by atoms with Gasteiger partial charge in [0.05, 0.1) is 23.4 Å². The van der Waals surface area contributed by atoms with Crippen LogP contribution >= 0.6 is 0 Å². The van der Waals surface area contributed by atoms with Crippen LogP contribution in [0.2, 0.25) is 0 Å². The lowest BCUT2D eigenvalue weighted by molar-refractivity contribution is 0.0529. The Bertz CT molecular complexity index is 947. The highest BCUT2D eigenvalue weighted by Crippen LogP contribution is 2.34. The second-order valence-corrected chi connectivity index (χ2v) is 5.05.